The number of rotatable bonds is 1. The zero-order chi connectivity index (χ0) is 15.1. The molecule has 0 radical (unpaired) electrons. The van der Waals surface area contributed by atoms with Crippen molar-refractivity contribution in [2.24, 2.45) is 0 Å². The molecule has 25 heavy (non-hydrogen) atoms. The standard InChI is InChI=1S/C18H12N2O2.3H2O/c21-14-5-8-19(9-6-14)18-11-13-3-1-2-4-16(13)17-12-15(22)7-10-20(17)18;;;/h1-12H;3*1H2. The van der Waals surface area contributed by atoms with Gasteiger partial charge in [-0.25, -0.2) is 0 Å². The summed E-state index contributed by atoms with van der Waals surface area (Å²) in [5.74, 6) is 0.869. The van der Waals surface area contributed by atoms with E-state index in [1.807, 2.05) is 39.3 Å². The van der Waals surface area contributed by atoms with Gasteiger partial charge in [-0.1, -0.05) is 24.3 Å². The number of hydrogen-bond donors (Lipinski definition) is 0. The summed E-state index contributed by atoms with van der Waals surface area (Å²) in [4.78, 5) is 23.1. The molecule has 0 aliphatic heterocycles. The molecule has 0 atom stereocenters. The van der Waals surface area contributed by atoms with Crippen LogP contribution in [0.3, 0.4) is 0 Å². The molecule has 3 aromatic heterocycles. The summed E-state index contributed by atoms with van der Waals surface area (Å²) in [7, 11) is 0. The van der Waals surface area contributed by atoms with Crippen LogP contribution in [0.25, 0.3) is 22.1 Å². The summed E-state index contributed by atoms with van der Waals surface area (Å²) in [6.07, 6.45) is 5.21. The first-order valence-electron chi connectivity index (χ1n) is 6.95. The van der Waals surface area contributed by atoms with E-state index in [2.05, 4.69) is 0 Å². The molecule has 0 aliphatic carbocycles. The number of fused-ring (bicyclic) bond motifs is 3. The van der Waals surface area contributed by atoms with Gasteiger partial charge in [0.1, 0.15) is 5.82 Å². The van der Waals surface area contributed by atoms with Crippen molar-refractivity contribution in [2.75, 3.05) is 0 Å². The van der Waals surface area contributed by atoms with Crippen molar-refractivity contribution in [3.63, 3.8) is 0 Å². The Kier molecular flexibility index (Phi) is 5.97. The van der Waals surface area contributed by atoms with E-state index in [1.165, 1.54) is 18.2 Å². The van der Waals surface area contributed by atoms with Crippen molar-refractivity contribution >= 4 is 16.3 Å². The highest BCUT2D eigenvalue weighted by Crippen LogP contribution is 2.23. The predicted octanol–water partition coefficient (Wildman–Crippen LogP) is 0.129. The van der Waals surface area contributed by atoms with Crippen molar-refractivity contribution in [1.29, 1.82) is 0 Å². The minimum atomic E-state index is -0.0341. The fraction of sp³-hybridized carbons (Fsp3) is 0. The van der Waals surface area contributed by atoms with E-state index < -0.39 is 0 Å². The Hall–Kier alpha value is -3.26. The summed E-state index contributed by atoms with van der Waals surface area (Å²) in [5.41, 5.74) is 0.787. The zero-order valence-electron chi connectivity index (χ0n) is 13.1. The Morgan fingerprint density at radius 3 is 2.04 bits per heavy atom. The van der Waals surface area contributed by atoms with E-state index in [4.69, 9.17) is 0 Å². The first-order chi connectivity index (χ1) is 10.7. The minimum absolute atomic E-state index is 0. The average molecular weight is 342 g/mol. The lowest BCUT2D eigenvalue weighted by atomic mass is 10.1. The van der Waals surface area contributed by atoms with Crippen LogP contribution >= 0.6 is 0 Å². The Labute approximate surface area is 141 Å². The fourth-order valence-electron chi connectivity index (χ4n) is 2.72. The molecule has 130 valence electrons. The molecular weight excluding hydrogens is 324 g/mol. The Balaban J connectivity index is 0.00000104. The van der Waals surface area contributed by atoms with Crippen LogP contribution in [0.5, 0.6) is 0 Å². The third-order valence-electron chi connectivity index (χ3n) is 3.76. The molecular formula is C18H18N2O5. The van der Waals surface area contributed by atoms with Crippen molar-refractivity contribution in [2.45, 2.75) is 0 Å². The molecule has 7 nitrogen and oxygen atoms in total. The van der Waals surface area contributed by atoms with Crippen LogP contribution in [0.1, 0.15) is 0 Å². The van der Waals surface area contributed by atoms with Gasteiger partial charge in [0.15, 0.2) is 10.9 Å². The molecule has 4 aromatic rings. The molecule has 0 saturated carbocycles. The van der Waals surface area contributed by atoms with Gasteiger partial charge in [0.25, 0.3) is 0 Å². The van der Waals surface area contributed by atoms with Crippen molar-refractivity contribution in [1.82, 2.24) is 8.97 Å². The van der Waals surface area contributed by atoms with Gasteiger partial charge in [-0.05, 0) is 11.5 Å². The zero-order valence-corrected chi connectivity index (χ0v) is 13.1. The molecule has 4 rings (SSSR count). The summed E-state index contributed by atoms with van der Waals surface area (Å²) in [5, 5.41) is 2.06. The third kappa shape index (κ3) is 3.33. The molecule has 0 aliphatic rings. The largest absolute Gasteiger partial charge is 0.412 e. The van der Waals surface area contributed by atoms with Crippen molar-refractivity contribution in [3.05, 3.63) is 93.6 Å². The molecule has 0 saturated heterocycles. The maximum Gasteiger partial charge on any atom is 0.182 e. The normalized spacial score (nSPS) is 9.76. The smallest absolute Gasteiger partial charge is 0.182 e. The maximum absolute atomic E-state index is 11.8. The van der Waals surface area contributed by atoms with Gasteiger partial charge in [-0.3, -0.25) is 9.59 Å². The highest BCUT2D eigenvalue weighted by atomic mass is 16.1. The van der Waals surface area contributed by atoms with Gasteiger partial charge < -0.3 is 25.4 Å². The monoisotopic (exact) mass is 342 g/mol. The molecule has 0 spiro atoms. The summed E-state index contributed by atoms with van der Waals surface area (Å²) in [6, 6.07) is 16.2. The third-order valence-corrected chi connectivity index (χ3v) is 3.76. The lowest BCUT2D eigenvalue weighted by Gasteiger charge is -2.14. The Bertz CT molecular complexity index is 1110. The SMILES string of the molecule is O.O.O.O=c1ccn(-c2cc3ccccc3c3cc(=O)ccn23)cc1. The van der Waals surface area contributed by atoms with Gasteiger partial charge in [0.2, 0.25) is 0 Å². The first-order valence-corrected chi connectivity index (χ1v) is 6.95. The van der Waals surface area contributed by atoms with Crippen LogP contribution in [-0.4, -0.2) is 25.4 Å². The summed E-state index contributed by atoms with van der Waals surface area (Å²) in [6.45, 7) is 0. The Morgan fingerprint density at radius 1 is 0.680 bits per heavy atom. The molecule has 1 aromatic carbocycles. The van der Waals surface area contributed by atoms with E-state index in [1.54, 1.807) is 24.7 Å². The molecule has 7 heteroatoms. The van der Waals surface area contributed by atoms with Crippen LogP contribution in [0.4, 0.5) is 0 Å². The van der Waals surface area contributed by atoms with E-state index in [0.717, 1.165) is 22.1 Å². The summed E-state index contributed by atoms with van der Waals surface area (Å²) >= 11 is 0. The quantitative estimate of drug-likeness (QED) is 0.454. The predicted molar refractivity (Wildman–Crippen MR) is 97.6 cm³/mol. The van der Waals surface area contributed by atoms with Gasteiger partial charge in [-0.2, -0.15) is 0 Å². The van der Waals surface area contributed by atoms with Crippen LogP contribution in [0.15, 0.2) is 82.8 Å². The molecule has 0 bridgehead atoms. The van der Waals surface area contributed by atoms with E-state index in [-0.39, 0.29) is 27.3 Å². The molecule has 6 N–H and O–H groups in total. The van der Waals surface area contributed by atoms with E-state index >= 15 is 0 Å². The van der Waals surface area contributed by atoms with Crippen molar-refractivity contribution in [3.8, 4) is 5.82 Å². The number of hydrogen-bond acceptors (Lipinski definition) is 2. The van der Waals surface area contributed by atoms with E-state index in [9.17, 15) is 9.59 Å². The number of pyridine rings is 3. The topological polar surface area (TPSA) is 138 Å². The van der Waals surface area contributed by atoms with Crippen LogP contribution < -0.4 is 10.9 Å². The molecule has 3 heterocycles. The lowest BCUT2D eigenvalue weighted by Crippen LogP contribution is -2.09. The number of benzene rings is 1. The highest BCUT2D eigenvalue weighted by molar-refractivity contribution is 5.96. The second kappa shape index (κ2) is 7.54. The number of nitrogens with zero attached hydrogens (tertiary/aromatic N) is 2. The average Bonchev–Trinajstić information content (AvgIpc) is 2.55. The van der Waals surface area contributed by atoms with Gasteiger partial charge >= 0.3 is 0 Å². The maximum atomic E-state index is 11.8. The number of aromatic nitrogens is 2. The van der Waals surface area contributed by atoms with E-state index in [0.29, 0.717) is 0 Å². The van der Waals surface area contributed by atoms with Crippen LogP contribution in [-0.2, 0) is 0 Å². The fourth-order valence-corrected chi connectivity index (χ4v) is 2.72. The second-order valence-corrected chi connectivity index (χ2v) is 5.15. The summed E-state index contributed by atoms with van der Waals surface area (Å²) < 4.78 is 3.82. The lowest BCUT2D eigenvalue weighted by molar-refractivity contribution is 0.823. The molecule has 0 amide bonds. The second-order valence-electron chi connectivity index (χ2n) is 5.15. The molecule has 0 fully saturated rings. The van der Waals surface area contributed by atoms with Crippen molar-refractivity contribution < 1.29 is 16.4 Å². The van der Waals surface area contributed by atoms with Crippen LogP contribution in [0, 0.1) is 0 Å². The molecule has 0 unspecified atom stereocenters. The van der Waals surface area contributed by atoms with Gasteiger partial charge in [-0.15, -0.1) is 0 Å². The van der Waals surface area contributed by atoms with Gasteiger partial charge in [0, 0.05) is 48.2 Å². The minimum Gasteiger partial charge on any atom is -0.412 e. The first kappa shape index (κ1) is 19.8. The Morgan fingerprint density at radius 2 is 1.32 bits per heavy atom. The highest BCUT2D eigenvalue weighted by Gasteiger charge is 2.06. The van der Waals surface area contributed by atoms with Crippen LogP contribution in [0.2, 0.25) is 0 Å². The van der Waals surface area contributed by atoms with Gasteiger partial charge in [0.05, 0.1) is 5.52 Å².